The first-order valence-corrected chi connectivity index (χ1v) is 5.08. The van der Waals surface area contributed by atoms with Gasteiger partial charge in [0.25, 0.3) is 0 Å². The van der Waals surface area contributed by atoms with Crippen LogP contribution in [0.1, 0.15) is 6.92 Å². The molecule has 6 heteroatoms. The average Bonchev–Trinajstić information content (AvgIpc) is 2.72. The van der Waals surface area contributed by atoms with E-state index in [0.717, 1.165) is 17.9 Å². The molecule has 0 spiro atoms. The van der Waals surface area contributed by atoms with E-state index in [-0.39, 0.29) is 5.95 Å². The standard InChI is InChI=1S/C10H14N6/c1-3-5-16(4-2)9-7-8(13-6-12-7)14-10(11)15-9/h3,6H,1,4-5H2,2H3,(H3,11,12,13,14,15). The first-order chi connectivity index (χ1) is 7.76. The summed E-state index contributed by atoms with van der Waals surface area (Å²) in [5, 5.41) is 0. The molecule has 0 aliphatic rings. The number of H-pyrrole nitrogens is 1. The van der Waals surface area contributed by atoms with Crippen LogP contribution in [0.4, 0.5) is 11.8 Å². The third-order valence-electron chi connectivity index (χ3n) is 2.31. The molecule has 2 aromatic rings. The Labute approximate surface area is 93.2 Å². The number of aromatic amines is 1. The molecule has 0 aromatic carbocycles. The number of imidazole rings is 1. The molecule has 0 aliphatic heterocycles. The van der Waals surface area contributed by atoms with Crippen molar-refractivity contribution in [1.29, 1.82) is 0 Å². The van der Waals surface area contributed by atoms with Crippen LogP contribution in [-0.2, 0) is 0 Å². The molecule has 0 atom stereocenters. The minimum atomic E-state index is 0.233. The fourth-order valence-corrected chi connectivity index (χ4v) is 1.58. The lowest BCUT2D eigenvalue weighted by Crippen LogP contribution is -2.24. The topological polar surface area (TPSA) is 83.7 Å². The van der Waals surface area contributed by atoms with Crippen LogP contribution in [0, 0.1) is 0 Å². The summed E-state index contributed by atoms with van der Waals surface area (Å²) in [5.74, 6) is 1.000. The molecule has 6 nitrogen and oxygen atoms in total. The lowest BCUT2D eigenvalue weighted by atomic mass is 10.4. The van der Waals surface area contributed by atoms with Gasteiger partial charge >= 0.3 is 0 Å². The number of nitrogens with zero attached hydrogens (tertiary/aromatic N) is 4. The van der Waals surface area contributed by atoms with Gasteiger partial charge in [-0.2, -0.15) is 9.97 Å². The summed E-state index contributed by atoms with van der Waals surface area (Å²) in [4.78, 5) is 17.4. The van der Waals surface area contributed by atoms with Crippen LogP contribution < -0.4 is 10.6 Å². The zero-order chi connectivity index (χ0) is 11.5. The van der Waals surface area contributed by atoms with E-state index in [2.05, 4.69) is 26.5 Å². The van der Waals surface area contributed by atoms with Crippen LogP contribution in [0.3, 0.4) is 0 Å². The van der Waals surface area contributed by atoms with Gasteiger partial charge in [0.1, 0.15) is 5.52 Å². The maximum atomic E-state index is 5.64. The molecule has 2 heterocycles. The van der Waals surface area contributed by atoms with Crippen molar-refractivity contribution in [1.82, 2.24) is 19.9 Å². The van der Waals surface area contributed by atoms with Crippen LogP contribution in [0.25, 0.3) is 11.2 Å². The summed E-state index contributed by atoms with van der Waals surface area (Å²) < 4.78 is 0. The molecule has 0 unspecified atom stereocenters. The van der Waals surface area contributed by atoms with Crippen molar-refractivity contribution in [3.05, 3.63) is 19.0 Å². The normalized spacial score (nSPS) is 10.6. The second-order valence-corrected chi connectivity index (χ2v) is 3.33. The number of likely N-dealkylation sites (N-methyl/N-ethyl adjacent to an activating group) is 1. The molecule has 84 valence electrons. The highest BCUT2D eigenvalue weighted by Crippen LogP contribution is 2.21. The van der Waals surface area contributed by atoms with Crippen LogP contribution in [0.15, 0.2) is 19.0 Å². The molecule has 0 radical (unpaired) electrons. The number of fused-ring (bicyclic) bond motifs is 1. The molecule has 3 N–H and O–H groups in total. The van der Waals surface area contributed by atoms with Gasteiger partial charge in [-0.05, 0) is 6.92 Å². The first-order valence-electron chi connectivity index (χ1n) is 5.08. The second kappa shape index (κ2) is 4.18. The second-order valence-electron chi connectivity index (χ2n) is 3.33. The Morgan fingerprint density at radius 1 is 1.56 bits per heavy atom. The van der Waals surface area contributed by atoms with E-state index < -0.39 is 0 Å². The van der Waals surface area contributed by atoms with Crippen LogP contribution in [0.2, 0.25) is 0 Å². The monoisotopic (exact) mass is 218 g/mol. The van der Waals surface area contributed by atoms with Crippen molar-refractivity contribution < 1.29 is 0 Å². The lowest BCUT2D eigenvalue weighted by molar-refractivity contribution is 0.885. The van der Waals surface area contributed by atoms with Crippen molar-refractivity contribution in [2.75, 3.05) is 23.7 Å². The number of nitrogen functional groups attached to an aromatic ring is 1. The molecule has 0 saturated heterocycles. The fourth-order valence-electron chi connectivity index (χ4n) is 1.58. The molecule has 2 aromatic heterocycles. The number of hydrogen-bond donors (Lipinski definition) is 2. The van der Waals surface area contributed by atoms with Gasteiger partial charge < -0.3 is 15.6 Å². The Hall–Kier alpha value is -2.11. The van der Waals surface area contributed by atoms with Crippen LogP contribution in [-0.4, -0.2) is 33.0 Å². The minimum absolute atomic E-state index is 0.233. The number of rotatable bonds is 4. The average molecular weight is 218 g/mol. The van der Waals surface area contributed by atoms with E-state index in [1.807, 2.05) is 17.9 Å². The van der Waals surface area contributed by atoms with Gasteiger partial charge in [0.2, 0.25) is 5.95 Å². The summed E-state index contributed by atoms with van der Waals surface area (Å²) in [5.41, 5.74) is 7.04. The SMILES string of the molecule is C=CCN(CC)c1nc(N)nc2nc[nH]c12. The maximum Gasteiger partial charge on any atom is 0.224 e. The van der Waals surface area contributed by atoms with E-state index in [9.17, 15) is 0 Å². The molecular formula is C10H14N6. The number of hydrogen-bond acceptors (Lipinski definition) is 5. The van der Waals surface area contributed by atoms with Crippen molar-refractivity contribution in [2.45, 2.75) is 6.92 Å². The number of anilines is 2. The summed E-state index contributed by atoms with van der Waals surface area (Å²) in [7, 11) is 0. The zero-order valence-corrected chi connectivity index (χ0v) is 9.14. The molecule has 0 fully saturated rings. The van der Waals surface area contributed by atoms with Crippen molar-refractivity contribution in [2.24, 2.45) is 0 Å². The predicted octanol–water partition coefficient (Wildman–Crippen LogP) is 0.947. The zero-order valence-electron chi connectivity index (χ0n) is 9.14. The Morgan fingerprint density at radius 3 is 3.06 bits per heavy atom. The number of nitrogens with two attached hydrogens (primary N) is 1. The first kappa shape index (κ1) is 10.4. The molecular weight excluding hydrogens is 204 g/mol. The maximum absolute atomic E-state index is 5.64. The molecule has 0 amide bonds. The third kappa shape index (κ3) is 1.69. The summed E-state index contributed by atoms with van der Waals surface area (Å²) in [6.45, 7) is 7.29. The molecule has 0 saturated carbocycles. The quantitative estimate of drug-likeness (QED) is 0.746. The summed E-state index contributed by atoms with van der Waals surface area (Å²) in [6, 6.07) is 0. The van der Waals surface area contributed by atoms with Gasteiger partial charge in [0.15, 0.2) is 11.5 Å². The highest BCUT2D eigenvalue weighted by molar-refractivity contribution is 5.84. The van der Waals surface area contributed by atoms with Crippen molar-refractivity contribution >= 4 is 22.9 Å². The van der Waals surface area contributed by atoms with E-state index in [4.69, 9.17) is 5.73 Å². The fraction of sp³-hybridized carbons (Fsp3) is 0.300. The number of aromatic nitrogens is 4. The summed E-state index contributed by atoms with van der Waals surface area (Å²) in [6.07, 6.45) is 3.41. The largest absolute Gasteiger partial charge is 0.368 e. The minimum Gasteiger partial charge on any atom is -0.368 e. The van der Waals surface area contributed by atoms with E-state index in [0.29, 0.717) is 12.2 Å². The van der Waals surface area contributed by atoms with Crippen LogP contribution in [0.5, 0.6) is 0 Å². The van der Waals surface area contributed by atoms with Crippen molar-refractivity contribution in [3.63, 3.8) is 0 Å². The van der Waals surface area contributed by atoms with Gasteiger partial charge in [-0.15, -0.1) is 6.58 Å². The third-order valence-corrected chi connectivity index (χ3v) is 2.31. The lowest BCUT2D eigenvalue weighted by Gasteiger charge is -2.20. The molecule has 16 heavy (non-hydrogen) atoms. The number of nitrogens with one attached hydrogen (secondary N) is 1. The van der Waals surface area contributed by atoms with Crippen LogP contribution >= 0.6 is 0 Å². The van der Waals surface area contributed by atoms with Crippen molar-refractivity contribution in [3.8, 4) is 0 Å². The van der Waals surface area contributed by atoms with E-state index in [1.54, 1.807) is 6.33 Å². The Kier molecular flexibility index (Phi) is 2.72. The predicted molar refractivity (Wildman–Crippen MR) is 64.2 cm³/mol. The van der Waals surface area contributed by atoms with Gasteiger partial charge in [-0.3, -0.25) is 0 Å². The smallest absolute Gasteiger partial charge is 0.224 e. The van der Waals surface area contributed by atoms with E-state index >= 15 is 0 Å². The highest BCUT2D eigenvalue weighted by Gasteiger charge is 2.13. The van der Waals surface area contributed by atoms with Gasteiger partial charge in [-0.25, -0.2) is 4.98 Å². The highest BCUT2D eigenvalue weighted by atomic mass is 15.2. The molecule has 0 aliphatic carbocycles. The van der Waals surface area contributed by atoms with E-state index in [1.165, 1.54) is 0 Å². The molecule has 2 rings (SSSR count). The Bertz CT molecular complexity index is 503. The Balaban J connectivity index is 2.56. The van der Waals surface area contributed by atoms with Gasteiger partial charge in [-0.1, -0.05) is 6.08 Å². The van der Waals surface area contributed by atoms with Gasteiger partial charge in [0, 0.05) is 13.1 Å². The van der Waals surface area contributed by atoms with Gasteiger partial charge in [0.05, 0.1) is 6.33 Å². The molecule has 0 bridgehead atoms. The summed E-state index contributed by atoms with van der Waals surface area (Å²) >= 11 is 0. The Morgan fingerprint density at radius 2 is 2.38 bits per heavy atom.